The lowest BCUT2D eigenvalue weighted by molar-refractivity contribution is 0.295. The van der Waals surface area contributed by atoms with Crippen LogP contribution >= 0.6 is 0 Å². The van der Waals surface area contributed by atoms with Crippen LogP contribution in [0.4, 0.5) is 5.82 Å². The minimum Gasteiger partial charge on any atom is -0.355 e. The van der Waals surface area contributed by atoms with Gasteiger partial charge in [0, 0.05) is 44.3 Å². The smallest absolute Gasteiger partial charge is 0.147 e. The van der Waals surface area contributed by atoms with E-state index >= 15 is 0 Å². The first-order valence-corrected chi connectivity index (χ1v) is 10.4. The van der Waals surface area contributed by atoms with Gasteiger partial charge in [0.05, 0.1) is 11.9 Å². The summed E-state index contributed by atoms with van der Waals surface area (Å²) in [6, 6.07) is 9.32. The van der Waals surface area contributed by atoms with Crippen molar-refractivity contribution in [2.45, 2.75) is 38.3 Å². The van der Waals surface area contributed by atoms with Gasteiger partial charge in [-0.1, -0.05) is 24.3 Å². The van der Waals surface area contributed by atoms with Crippen molar-refractivity contribution in [1.29, 1.82) is 0 Å². The molecule has 0 spiro atoms. The predicted octanol–water partition coefficient (Wildman–Crippen LogP) is 2.32. The molecule has 0 radical (unpaired) electrons. The van der Waals surface area contributed by atoms with Gasteiger partial charge >= 0.3 is 0 Å². The number of hydrogen-bond acceptors (Lipinski definition) is 6. The molecule has 6 nitrogen and oxygen atoms in total. The monoisotopic (exact) mass is 380 g/mol. The molecule has 1 aromatic carbocycles. The molecule has 0 amide bonds. The predicted molar refractivity (Wildman–Crippen MR) is 113 cm³/mol. The number of hydrogen-bond donors (Lipinski definition) is 2. The average Bonchev–Trinajstić information content (AvgIpc) is 3.18. The molecule has 2 unspecified atom stereocenters. The molecule has 2 aliphatic rings. The second kappa shape index (κ2) is 8.55. The van der Waals surface area contributed by atoms with Gasteiger partial charge in [0.15, 0.2) is 0 Å². The van der Waals surface area contributed by atoms with Gasteiger partial charge in [-0.25, -0.2) is 4.98 Å². The van der Waals surface area contributed by atoms with E-state index in [0.717, 1.165) is 37.7 Å². The van der Waals surface area contributed by atoms with Gasteiger partial charge in [0.2, 0.25) is 0 Å². The van der Waals surface area contributed by atoms with E-state index in [0.29, 0.717) is 17.9 Å². The van der Waals surface area contributed by atoms with Crippen LogP contribution in [-0.2, 0) is 6.54 Å². The van der Waals surface area contributed by atoms with Gasteiger partial charge in [-0.15, -0.1) is 0 Å². The topological polar surface area (TPSA) is 56.3 Å². The lowest BCUT2D eigenvalue weighted by atomic mass is 9.79. The third-order valence-corrected chi connectivity index (χ3v) is 6.13. The summed E-state index contributed by atoms with van der Waals surface area (Å²) in [4.78, 5) is 13.8. The van der Waals surface area contributed by atoms with E-state index in [2.05, 4.69) is 70.9 Å². The van der Waals surface area contributed by atoms with Crippen molar-refractivity contribution in [1.82, 2.24) is 25.7 Å². The molecule has 2 aliphatic heterocycles. The molecular weight excluding hydrogens is 348 g/mol. The van der Waals surface area contributed by atoms with Crippen molar-refractivity contribution < 1.29 is 0 Å². The Labute approximate surface area is 168 Å². The zero-order valence-corrected chi connectivity index (χ0v) is 17.2. The molecule has 28 heavy (non-hydrogen) atoms. The van der Waals surface area contributed by atoms with Crippen LogP contribution in [-0.4, -0.2) is 54.6 Å². The third kappa shape index (κ3) is 4.19. The number of nitrogens with zero attached hydrogens (tertiary/aromatic N) is 4. The zero-order chi connectivity index (χ0) is 19.5. The first-order chi connectivity index (χ1) is 13.6. The van der Waals surface area contributed by atoms with Crippen molar-refractivity contribution in [3.63, 3.8) is 0 Å². The van der Waals surface area contributed by atoms with Gasteiger partial charge in [-0.05, 0) is 50.9 Å². The maximum Gasteiger partial charge on any atom is 0.147 e. The standard InChI is InChI=1S/C22H32N6/c1-16-6-4-5-7-19(16)20-13-24-26-22(20)17-8-10-28(11-9-17)21-14-23-12-18(25-21)15-27(2)3/h4-7,12,14,17,20,22,24,26H,8-11,13,15H2,1-3H3. The van der Waals surface area contributed by atoms with Crippen molar-refractivity contribution in [2.75, 3.05) is 38.6 Å². The third-order valence-electron chi connectivity index (χ3n) is 6.13. The molecule has 2 atom stereocenters. The highest BCUT2D eigenvalue weighted by molar-refractivity contribution is 5.37. The van der Waals surface area contributed by atoms with Crippen LogP contribution in [0, 0.1) is 12.8 Å². The Morgan fingerprint density at radius 1 is 1.14 bits per heavy atom. The Bertz CT molecular complexity index is 784. The highest BCUT2D eigenvalue weighted by atomic mass is 15.4. The average molecular weight is 381 g/mol. The molecule has 2 fully saturated rings. The van der Waals surface area contributed by atoms with Crippen molar-refractivity contribution in [2.24, 2.45) is 5.92 Å². The molecule has 150 valence electrons. The van der Waals surface area contributed by atoms with Crippen LogP contribution in [0.15, 0.2) is 36.7 Å². The molecule has 2 aromatic rings. The van der Waals surface area contributed by atoms with Crippen molar-refractivity contribution >= 4 is 5.82 Å². The molecule has 6 heteroatoms. The van der Waals surface area contributed by atoms with Crippen molar-refractivity contribution in [3.05, 3.63) is 53.5 Å². The highest BCUT2D eigenvalue weighted by Crippen LogP contribution is 2.34. The van der Waals surface area contributed by atoms with Crippen LogP contribution in [0.2, 0.25) is 0 Å². The largest absolute Gasteiger partial charge is 0.355 e. The van der Waals surface area contributed by atoms with Crippen LogP contribution in [0.3, 0.4) is 0 Å². The minimum absolute atomic E-state index is 0.495. The fourth-order valence-corrected chi connectivity index (χ4v) is 4.70. The van der Waals surface area contributed by atoms with Gasteiger partial charge in [-0.2, -0.15) is 0 Å². The molecule has 3 heterocycles. The zero-order valence-electron chi connectivity index (χ0n) is 17.2. The van der Waals surface area contributed by atoms with E-state index in [1.807, 2.05) is 12.4 Å². The maximum atomic E-state index is 4.83. The normalized spacial score (nSPS) is 23.5. The summed E-state index contributed by atoms with van der Waals surface area (Å²) in [5.74, 6) is 2.24. The van der Waals surface area contributed by atoms with Crippen molar-refractivity contribution in [3.8, 4) is 0 Å². The van der Waals surface area contributed by atoms with E-state index < -0.39 is 0 Å². The quantitative estimate of drug-likeness (QED) is 0.830. The van der Waals surface area contributed by atoms with Gasteiger partial charge in [-0.3, -0.25) is 15.8 Å². The van der Waals surface area contributed by atoms with Gasteiger partial charge in [0.25, 0.3) is 0 Å². The first kappa shape index (κ1) is 19.3. The van der Waals surface area contributed by atoms with E-state index in [9.17, 15) is 0 Å². The lowest BCUT2D eigenvalue weighted by Crippen LogP contribution is -2.44. The Hall–Kier alpha value is -2.02. The second-order valence-corrected chi connectivity index (χ2v) is 8.44. The number of nitrogens with one attached hydrogen (secondary N) is 2. The fraction of sp³-hybridized carbons (Fsp3) is 0.545. The summed E-state index contributed by atoms with van der Waals surface area (Å²) in [6.07, 6.45) is 6.14. The van der Waals surface area contributed by atoms with Gasteiger partial charge in [0.1, 0.15) is 5.82 Å². The van der Waals surface area contributed by atoms with Crippen LogP contribution in [0.1, 0.15) is 35.6 Å². The molecule has 2 saturated heterocycles. The Morgan fingerprint density at radius 3 is 2.68 bits per heavy atom. The molecule has 0 saturated carbocycles. The summed E-state index contributed by atoms with van der Waals surface area (Å²) >= 11 is 0. The summed E-state index contributed by atoms with van der Waals surface area (Å²) in [5.41, 5.74) is 10.9. The van der Waals surface area contributed by atoms with Crippen LogP contribution in [0.25, 0.3) is 0 Å². The molecule has 0 bridgehead atoms. The summed E-state index contributed by atoms with van der Waals surface area (Å²) in [6.45, 7) is 6.15. The van der Waals surface area contributed by atoms with Crippen LogP contribution < -0.4 is 15.8 Å². The minimum atomic E-state index is 0.495. The number of hydrazine groups is 1. The van der Waals surface area contributed by atoms with E-state index in [4.69, 9.17) is 4.98 Å². The van der Waals surface area contributed by atoms with E-state index in [1.165, 1.54) is 24.0 Å². The number of rotatable bonds is 5. The van der Waals surface area contributed by atoms with Gasteiger partial charge < -0.3 is 9.80 Å². The SMILES string of the molecule is Cc1ccccc1C1CNNC1C1CCN(c2cncc(CN(C)C)n2)CC1. The Kier molecular flexibility index (Phi) is 5.90. The summed E-state index contributed by atoms with van der Waals surface area (Å²) in [7, 11) is 4.13. The Morgan fingerprint density at radius 2 is 1.93 bits per heavy atom. The fourth-order valence-electron chi connectivity index (χ4n) is 4.70. The number of piperidine rings is 1. The molecule has 1 aromatic heterocycles. The Balaban J connectivity index is 1.41. The van der Waals surface area contributed by atoms with E-state index in [-0.39, 0.29) is 0 Å². The number of benzene rings is 1. The maximum absolute atomic E-state index is 4.83. The number of anilines is 1. The summed E-state index contributed by atoms with van der Waals surface area (Å²) < 4.78 is 0. The summed E-state index contributed by atoms with van der Waals surface area (Å²) in [5, 5.41) is 0. The van der Waals surface area contributed by atoms with E-state index in [1.54, 1.807) is 0 Å². The second-order valence-electron chi connectivity index (χ2n) is 8.44. The highest BCUT2D eigenvalue weighted by Gasteiger charge is 2.36. The molecule has 2 N–H and O–H groups in total. The first-order valence-electron chi connectivity index (χ1n) is 10.4. The molecule has 0 aliphatic carbocycles. The molecule has 4 rings (SSSR count). The number of aryl methyl sites for hydroxylation is 1. The van der Waals surface area contributed by atoms with Crippen LogP contribution in [0.5, 0.6) is 0 Å². The lowest BCUT2D eigenvalue weighted by Gasteiger charge is -2.37. The number of aromatic nitrogens is 2. The molecular formula is C22H32N6.